The minimum Gasteiger partial charge on any atom is -0.398 e. The van der Waals surface area contributed by atoms with Crippen molar-refractivity contribution in [3.63, 3.8) is 0 Å². The molecule has 0 atom stereocenters. The van der Waals surface area contributed by atoms with Crippen molar-refractivity contribution in [1.82, 2.24) is 4.98 Å². The van der Waals surface area contributed by atoms with Crippen LogP contribution in [0.3, 0.4) is 0 Å². The highest BCUT2D eigenvalue weighted by molar-refractivity contribution is 8.93. The van der Waals surface area contributed by atoms with Crippen LogP contribution in [0.5, 0.6) is 0 Å². The van der Waals surface area contributed by atoms with Gasteiger partial charge in [-0.1, -0.05) is 60.7 Å². The molecule has 0 saturated carbocycles. The van der Waals surface area contributed by atoms with Crippen molar-refractivity contribution in [2.24, 2.45) is 0 Å². The molecule has 27 heavy (non-hydrogen) atoms. The van der Waals surface area contributed by atoms with Gasteiger partial charge in [0.25, 0.3) is 5.56 Å². The smallest absolute Gasteiger partial charge is 0.256 e. The molecule has 4 rings (SSSR count). The lowest BCUT2D eigenvalue weighted by atomic mass is 10.0. The van der Waals surface area contributed by atoms with E-state index in [4.69, 9.17) is 5.73 Å². The van der Waals surface area contributed by atoms with Crippen molar-refractivity contribution >= 4 is 33.4 Å². The van der Waals surface area contributed by atoms with Crippen LogP contribution in [-0.4, -0.2) is 4.98 Å². The molecule has 0 aliphatic carbocycles. The van der Waals surface area contributed by atoms with Crippen LogP contribution in [0.25, 0.3) is 22.0 Å². The van der Waals surface area contributed by atoms with Gasteiger partial charge >= 0.3 is 0 Å². The molecule has 4 aromatic rings. The van der Waals surface area contributed by atoms with Gasteiger partial charge in [-0.2, -0.15) is 0 Å². The molecule has 0 unspecified atom stereocenters. The number of pyridine rings is 1. The van der Waals surface area contributed by atoms with Gasteiger partial charge in [-0.05, 0) is 47.7 Å². The van der Waals surface area contributed by atoms with Gasteiger partial charge in [-0.3, -0.25) is 4.79 Å². The fourth-order valence-electron chi connectivity index (χ4n) is 3.25. The van der Waals surface area contributed by atoms with Crippen molar-refractivity contribution in [3.8, 4) is 11.3 Å². The molecule has 0 amide bonds. The molecular formula is C23H21BrN2O. The maximum absolute atomic E-state index is 12.3. The number of benzene rings is 3. The summed E-state index contributed by atoms with van der Waals surface area (Å²) in [4.78, 5) is 15.3. The Bertz CT molecular complexity index is 1100. The Kier molecular flexibility index (Phi) is 5.77. The van der Waals surface area contributed by atoms with Crippen molar-refractivity contribution in [3.05, 3.63) is 100 Å². The number of rotatable bonds is 4. The highest BCUT2D eigenvalue weighted by Crippen LogP contribution is 2.24. The summed E-state index contributed by atoms with van der Waals surface area (Å²) in [5, 5.41) is 1.41. The summed E-state index contributed by atoms with van der Waals surface area (Å²) in [5.74, 6) is 0. The molecule has 0 aliphatic rings. The van der Waals surface area contributed by atoms with Gasteiger partial charge < -0.3 is 10.7 Å². The number of aryl methyl sites for hydroxylation is 2. The molecule has 1 aromatic heterocycles. The second kappa shape index (κ2) is 8.23. The Balaban J connectivity index is 0.00000210. The number of aromatic nitrogens is 1. The molecule has 0 bridgehead atoms. The summed E-state index contributed by atoms with van der Waals surface area (Å²) in [5.41, 5.74) is 10.9. The van der Waals surface area contributed by atoms with E-state index in [1.54, 1.807) is 12.1 Å². The second-order valence-electron chi connectivity index (χ2n) is 6.50. The molecule has 3 aromatic carbocycles. The summed E-state index contributed by atoms with van der Waals surface area (Å²) >= 11 is 0. The molecule has 4 heteroatoms. The number of halogens is 1. The quantitative estimate of drug-likeness (QED) is 0.449. The van der Waals surface area contributed by atoms with E-state index in [1.165, 1.54) is 11.1 Å². The fraction of sp³-hybridized carbons (Fsp3) is 0.0870. The lowest BCUT2D eigenvalue weighted by molar-refractivity contribution is 0.960. The van der Waals surface area contributed by atoms with Gasteiger partial charge in [-0.15, -0.1) is 17.0 Å². The molecule has 3 nitrogen and oxygen atoms in total. The molecule has 136 valence electrons. The zero-order valence-corrected chi connectivity index (χ0v) is 16.5. The highest BCUT2D eigenvalue weighted by atomic mass is 79.9. The van der Waals surface area contributed by atoms with Crippen molar-refractivity contribution in [1.29, 1.82) is 0 Å². The number of fused-ring (bicyclic) bond motifs is 1. The maximum atomic E-state index is 12.3. The van der Waals surface area contributed by atoms with Crippen LogP contribution in [0.15, 0.2) is 83.7 Å². The van der Waals surface area contributed by atoms with E-state index in [1.807, 2.05) is 18.2 Å². The van der Waals surface area contributed by atoms with Gasteiger partial charge in [0.15, 0.2) is 0 Å². The normalized spacial score (nSPS) is 10.5. The molecule has 1 heterocycles. The lowest BCUT2D eigenvalue weighted by Crippen LogP contribution is -2.08. The standard InChI is InChI=1S/C23H20N2O.BrH/c24-21-8-4-7-19-20(21)15-22(25-23(19)26)18-13-11-17(12-14-18)10-9-16-5-2-1-3-6-16;/h1-8,11-15H,9-10,24H2,(H,25,26);1H. The number of H-pyrrole nitrogens is 1. The summed E-state index contributed by atoms with van der Waals surface area (Å²) in [6.07, 6.45) is 2.01. The lowest BCUT2D eigenvalue weighted by Gasteiger charge is -2.07. The van der Waals surface area contributed by atoms with Crippen LogP contribution in [0.2, 0.25) is 0 Å². The Morgan fingerprint density at radius 1 is 0.741 bits per heavy atom. The SMILES string of the molecule is Br.Nc1cccc2c(=O)[nH]c(-c3ccc(CCc4ccccc4)cc3)cc12. The number of nitrogen functional groups attached to an aromatic ring is 1. The molecule has 0 spiro atoms. The maximum Gasteiger partial charge on any atom is 0.256 e. The third-order valence-electron chi connectivity index (χ3n) is 4.73. The third kappa shape index (κ3) is 4.12. The predicted molar refractivity (Wildman–Crippen MR) is 119 cm³/mol. The van der Waals surface area contributed by atoms with E-state index in [0.717, 1.165) is 29.5 Å². The van der Waals surface area contributed by atoms with Gasteiger partial charge in [0.2, 0.25) is 0 Å². The average molecular weight is 421 g/mol. The summed E-state index contributed by atoms with van der Waals surface area (Å²) in [6, 6.07) is 26.2. The summed E-state index contributed by atoms with van der Waals surface area (Å²) < 4.78 is 0. The largest absolute Gasteiger partial charge is 0.398 e. The van der Waals surface area contributed by atoms with Gasteiger partial charge in [0.05, 0.1) is 0 Å². The number of anilines is 1. The van der Waals surface area contributed by atoms with Crippen LogP contribution in [0.4, 0.5) is 5.69 Å². The molecule has 0 radical (unpaired) electrons. The topological polar surface area (TPSA) is 58.9 Å². The first-order chi connectivity index (χ1) is 12.7. The molecule has 0 aliphatic heterocycles. The first-order valence-electron chi connectivity index (χ1n) is 8.75. The Labute approximate surface area is 168 Å². The van der Waals surface area contributed by atoms with E-state index in [9.17, 15) is 4.79 Å². The van der Waals surface area contributed by atoms with Crippen LogP contribution in [0.1, 0.15) is 11.1 Å². The molecule has 0 saturated heterocycles. The van der Waals surface area contributed by atoms with E-state index in [2.05, 4.69) is 53.5 Å². The third-order valence-corrected chi connectivity index (χ3v) is 4.73. The number of hydrogen-bond acceptors (Lipinski definition) is 2. The number of nitrogens with one attached hydrogen (secondary N) is 1. The van der Waals surface area contributed by atoms with Crippen LogP contribution >= 0.6 is 17.0 Å². The molecule has 0 fully saturated rings. The predicted octanol–water partition coefficient (Wildman–Crippen LogP) is 5.14. The number of hydrogen-bond donors (Lipinski definition) is 2. The van der Waals surface area contributed by atoms with Crippen molar-refractivity contribution < 1.29 is 0 Å². The number of aromatic amines is 1. The Hall–Kier alpha value is -2.85. The average Bonchev–Trinajstić information content (AvgIpc) is 2.68. The minimum absolute atomic E-state index is 0. The van der Waals surface area contributed by atoms with Crippen LogP contribution in [0, 0.1) is 0 Å². The first-order valence-corrected chi connectivity index (χ1v) is 8.75. The molecule has 3 N–H and O–H groups in total. The Morgan fingerprint density at radius 2 is 1.41 bits per heavy atom. The van der Waals surface area contributed by atoms with Gasteiger partial charge in [0, 0.05) is 22.2 Å². The van der Waals surface area contributed by atoms with Gasteiger partial charge in [0.1, 0.15) is 0 Å². The fourth-order valence-corrected chi connectivity index (χ4v) is 3.25. The number of nitrogens with two attached hydrogens (primary N) is 1. The second-order valence-corrected chi connectivity index (χ2v) is 6.50. The van der Waals surface area contributed by atoms with Crippen molar-refractivity contribution in [2.45, 2.75) is 12.8 Å². The van der Waals surface area contributed by atoms with Crippen molar-refractivity contribution in [2.75, 3.05) is 5.73 Å². The molecular weight excluding hydrogens is 400 g/mol. The monoisotopic (exact) mass is 420 g/mol. The van der Waals surface area contributed by atoms with Crippen LogP contribution in [-0.2, 0) is 12.8 Å². The van der Waals surface area contributed by atoms with E-state index < -0.39 is 0 Å². The zero-order valence-electron chi connectivity index (χ0n) is 14.8. The zero-order chi connectivity index (χ0) is 17.9. The van der Waals surface area contributed by atoms with E-state index in [0.29, 0.717) is 11.1 Å². The Morgan fingerprint density at radius 3 is 2.11 bits per heavy atom. The first kappa shape index (κ1) is 18.9. The summed E-state index contributed by atoms with van der Waals surface area (Å²) in [7, 11) is 0. The van der Waals surface area contributed by atoms with Crippen LogP contribution < -0.4 is 11.3 Å². The highest BCUT2D eigenvalue weighted by Gasteiger charge is 2.06. The van der Waals surface area contributed by atoms with E-state index >= 15 is 0 Å². The summed E-state index contributed by atoms with van der Waals surface area (Å²) in [6.45, 7) is 0. The minimum atomic E-state index is -0.113. The van der Waals surface area contributed by atoms with E-state index in [-0.39, 0.29) is 22.5 Å². The van der Waals surface area contributed by atoms with Gasteiger partial charge in [-0.25, -0.2) is 0 Å².